The smallest absolute Gasteiger partial charge is 0.306 e. The molecule has 0 aromatic rings. The average Bonchev–Trinajstić information content (AvgIpc) is 3.18. The van der Waals surface area contributed by atoms with Crippen molar-refractivity contribution in [2.75, 3.05) is 0 Å². The molecular weight excluding hydrogens is 536 g/mol. The van der Waals surface area contributed by atoms with Gasteiger partial charge in [0.1, 0.15) is 35.1 Å². The largest absolute Gasteiger partial charge is 0.460 e. The van der Waals surface area contributed by atoms with Crippen LogP contribution in [0.5, 0.6) is 0 Å². The molecule has 11 heteroatoms. The molecule has 0 spiro atoms. The van der Waals surface area contributed by atoms with E-state index in [-0.39, 0.29) is 31.6 Å². The molecule has 2 N–H and O–H groups in total. The van der Waals surface area contributed by atoms with Crippen molar-refractivity contribution in [3.63, 3.8) is 0 Å². The molecule has 2 bridgehead atoms. The van der Waals surface area contributed by atoms with Gasteiger partial charge in [-0.05, 0) is 46.0 Å². The van der Waals surface area contributed by atoms with E-state index in [1.165, 1.54) is 27.7 Å². The Morgan fingerprint density at radius 3 is 2.05 bits per heavy atom. The molecule has 3 aliphatic rings. The molecule has 3 fully saturated rings. The first-order valence-electron chi connectivity index (χ1n) is 14.7. The maximum Gasteiger partial charge on any atom is 0.306 e. The number of fused-ring (bicyclic) bond motifs is 5. The Morgan fingerprint density at radius 1 is 0.951 bits per heavy atom. The van der Waals surface area contributed by atoms with E-state index in [4.69, 9.17) is 23.7 Å². The van der Waals surface area contributed by atoms with Gasteiger partial charge in [0.15, 0.2) is 6.10 Å². The van der Waals surface area contributed by atoms with Crippen molar-refractivity contribution in [1.29, 1.82) is 0 Å². The number of rotatable bonds is 7. The topological polar surface area (TPSA) is 155 Å². The third-order valence-corrected chi connectivity index (χ3v) is 9.15. The number of aliphatic hydroxyl groups is 2. The second-order valence-corrected chi connectivity index (χ2v) is 13.1. The summed E-state index contributed by atoms with van der Waals surface area (Å²) in [5.74, 6) is -4.10. The molecule has 1 aliphatic carbocycles. The second kappa shape index (κ2) is 12.2. The highest BCUT2D eigenvalue weighted by atomic mass is 16.6. The van der Waals surface area contributed by atoms with Gasteiger partial charge >= 0.3 is 23.9 Å². The minimum atomic E-state index is -1.78. The van der Waals surface area contributed by atoms with Gasteiger partial charge in [0.05, 0.1) is 6.10 Å². The highest BCUT2D eigenvalue weighted by molar-refractivity contribution is 5.70. The molecule has 3 rings (SSSR count). The van der Waals surface area contributed by atoms with Crippen LogP contribution >= 0.6 is 0 Å². The van der Waals surface area contributed by atoms with Gasteiger partial charge in [0.2, 0.25) is 0 Å². The summed E-state index contributed by atoms with van der Waals surface area (Å²) in [7, 11) is 0. The fourth-order valence-electron chi connectivity index (χ4n) is 7.62. The molecule has 0 amide bonds. The van der Waals surface area contributed by atoms with Crippen LogP contribution in [0.2, 0.25) is 0 Å². The summed E-state index contributed by atoms with van der Waals surface area (Å²) in [4.78, 5) is 49.6. The zero-order valence-electron chi connectivity index (χ0n) is 25.8. The number of hydrogen-bond donors (Lipinski definition) is 2. The summed E-state index contributed by atoms with van der Waals surface area (Å²) in [5, 5.41) is 23.9. The number of hydrogen-bond acceptors (Lipinski definition) is 11. The highest BCUT2D eigenvalue weighted by Crippen LogP contribution is 2.59. The maximum atomic E-state index is 13.0. The molecule has 11 atom stereocenters. The molecule has 2 heterocycles. The lowest BCUT2D eigenvalue weighted by molar-refractivity contribution is -0.242. The van der Waals surface area contributed by atoms with E-state index in [9.17, 15) is 29.4 Å². The van der Waals surface area contributed by atoms with Gasteiger partial charge in [0.25, 0.3) is 0 Å². The average molecular weight is 585 g/mol. The van der Waals surface area contributed by atoms with Crippen molar-refractivity contribution in [1.82, 2.24) is 0 Å². The van der Waals surface area contributed by atoms with E-state index in [0.29, 0.717) is 6.42 Å². The SMILES string of the molecule is CCCC(=O)O[C@]1(C)CC[C@H](OC(C)=O)[C@@](C)(O)C[C@H]2O[C@@H]1[C@@H]1[C@@H](C(C)C)[C@H](OC(C)=O)[C@@H](OC(C)=O)[C@@](C)(O)[C@@H]12. The lowest BCUT2D eigenvalue weighted by Gasteiger charge is -2.55. The minimum Gasteiger partial charge on any atom is -0.460 e. The fourth-order valence-corrected chi connectivity index (χ4v) is 7.62. The molecule has 11 nitrogen and oxygen atoms in total. The zero-order chi connectivity index (χ0) is 31.1. The van der Waals surface area contributed by atoms with Crippen LogP contribution < -0.4 is 0 Å². The lowest BCUT2D eigenvalue weighted by Crippen LogP contribution is -2.68. The highest BCUT2D eigenvalue weighted by Gasteiger charge is 2.70. The molecule has 1 saturated carbocycles. The summed E-state index contributed by atoms with van der Waals surface area (Å²) in [5.41, 5.74) is -4.59. The fraction of sp³-hybridized carbons (Fsp3) is 0.867. The first kappa shape index (κ1) is 33.3. The van der Waals surface area contributed by atoms with Crippen LogP contribution in [0.1, 0.15) is 94.4 Å². The van der Waals surface area contributed by atoms with Crippen LogP contribution in [0.25, 0.3) is 0 Å². The van der Waals surface area contributed by atoms with E-state index in [2.05, 4.69) is 0 Å². The first-order valence-corrected chi connectivity index (χ1v) is 14.7. The number of carbonyl (C=O) groups excluding carboxylic acids is 4. The Hall–Kier alpha value is -2.24. The van der Waals surface area contributed by atoms with Crippen molar-refractivity contribution in [3.05, 3.63) is 0 Å². The quantitative estimate of drug-likeness (QED) is 0.335. The Kier molecular flexibility index (Phi) is 9.87. The third-order valence-electron chi connectivity index (χ3n) is 9.15. The van der Waals surface area contributed by atoms with Gasteiger partial charge in [-0.1, -0.05) is 20.8 Å². The molecule has 2 saturated heterocycles. The predicted octanol–water partition coefficient (Wildman–Crippen LogP) is 2.86. The normalized spacial score (nSPS) is 42.2. The van der Waals surface area contributed by atoms with Crippen LogP contribution in [0.3, 0.4) is 0 Å². The monoisotopic (exact) mass is 584 g/mol. The van der Waals surface area contributed by atoms with E-state index >= 15 is 0 Å². The summed E-state index contributed by atoms with van der Waals surface area (Å²) in [6.45, 7) is 14.4. The standard InChI is InChI=1S/C30H48O11/c1-10-11-21(34)41-29(8)13-12-20(37-16(4)31)28(7,35)14-19-24-23(26(29)40-19)22(15(2)3)25(38-17(5)32)27(30(24,9)36)39-18(6)33/h15,19-20,22-27,35-36H,10-14H2,1-9H3/t19-,20+,22-,23-,24-,25+,26-,27-,28+,29-,30+/m1/s1. The van der Waals surface area contributed by atoms with Gasteiger partial charge in [-0.15, -0.1) is 0 Å². The Labute approximate surface area is 242 Å². The van der Waals surface area contributed by atoms with Crippen molar-refractivity contribution < 1.29 is 53.1 Å². The molecule has 234 valence electrons. The predicted molar refractivity (Wildman–Crippen MR) is 145 cm³/mol. The summed E-state index contributed by atoms with van der Waals surface area (Å²) >= 11 is 0. The number of esters is 4. The Bertz CT molecular complexity index is 1000. The van der Waals surface area contributed by atoms with E-state index in [1.54, 1.807) is 13.8 Å². The van der Waals surface area contributed by atoms with E-state index in [1.807, 2.05) is 20.8 Å². The molecule has 2 aliphatic heterocycles. The molecular formula is C30H48O11. The Balaban J connectivity index is 2.26. The molecule has 41 heavy (non-hydrogen) atoms. The van der Waals surface area contributed by atoms with Crippen molar-refractivity contribution in [2.24, 2.45) is 23.7 Å². The summed E-state index contributed by atoms with van der Waals surface area (Å²) < 4.78 is 29.9. The van der Waals surface area contributed by atoms with Gasteiger partial charge in [-0.25, -0.2) is 0 Å². The second-order valence-electron chi connectivity index (χ2n) is 13.1. The number of carbonyl (C=O) groups is 4. The molecule has 0 radical (unpaired) electrons. The molecule has 0 unspecified atom stereocenters. The number of ether oxygens (including phenoxy) is 5. The van der Waals surface area contributed by atoms with E-state index < -0.39 is 89.0 Å². The lowest BCUT2D eigenvalue weighted by atomic mass is 9.55. The molecule has 0 aromatic heterocycles. The summed E-state index contributed by atoms with van der Waals surface area (Å²) in [6.07, 6.45) is -3.64. The molecule has 0 aromatic carbocycles. The van der Waals surface area contributed by atoms with Crippen molar-refractivity contribution in [3.8, 4) is 0 Å². The zero-order valence-corrected chi connectivity index (χ0v) is 25.8. The Morgan fingerprint density at radius 2 is 1.54 bits per heavy atom. The maximum absolute atomic E-state index is 13.0. The van der Waals surface area contributed by atoms with Crippen LogP contribution in [0.15, 0.2) is 0 Å². The summed E-state index contributed by atoms with van der Waals surface area (Å²) in [6, 6.07) is 0. The third kappa shape index (κ3) is 6.72. The van der Waals surface area contributed by atoms with Crippen LogP contribution in [-0.2, 0) is 42.9 Å². The van der Waals surface area contributed by atoms with Crippen LogP contribution in [-0.4, -0.2) is 81.4 Å². The van der Waals surface area contributed by atoms with Crippen molar-refractivity contribution in [2.45, 2.75) is 142 Å². The van der Waals surface area contributed by atoms with Crippen LogP contribution in [0, 0.1) is 23.7 Å². The van der Waals surface area contributed by atoms with Gasteiger partial charge in [-0.2, -0.15) is 0 Å². The van der Waals surface area contributed by atoms with Gasteiger partial charge in [-0.3, -0.25) is 19.2 Å². The first-order chi connectivity index (χ1) is 18.9. The van der Waals surface area contributed by atoms with Crippen LogP contribution in [0.4, 0.5) is 0 Å². The van der Waals surface area contributed by atoms with Gasteiger partial charge < -0.3 is 33.9 Å². The van der Waals surface area contributed by atoms with E-state index in [0.717, 1.165) is 0 Å². The minimum absolute atomic E-state index is 0.0202. The van der Waals surface area contributed by atoms with Gasteiger partial charge in [0, 0.05) is 51.4 Å². The van der Waals surface area contributed by atoms with Crippen molar-refractivity contribution >= 4 is 23.9 Å².